The lowest BCUT2D eigenvalue weighted by atomic mass is 10.0. The Kier molecular flexibility index (Phi) is 4.42. The molecule has 0 amide bonds. The summed E-state index contributed by atoms with van der Waals surface area (Å²) >= 11 is 6.02. The van der Waals surface area contributed by atoms with Crippen LogP contribution in [0.1, 0.15) is 16.1 Å². The summed E-state index contributed by atoms with van der Waals surface area (Å²) < 4.78 is 5.80. The first-order chi connectivity index (χ1) is 12.7. The molecule has 4 aromatic rings. The molecule has 0 saturated carbocycles. The number of halogens is 1. The Morgan fingerprint density at radius 2 is 1.69 bits per heavy atom. The Balaban J connectivity index is 1.59. The molecule has 1 heterocycles. The second kappa shape index (κ2) is 7.03. The van der Waals surface area contributed by atoms with Crippen molar-refractivity contribution in [3.8, 4) is 11.3 Å². The van der Waals surface area contributed by atoms with E-state index in [0.717, 1.165) is 16.3 Å². The molecule has 0 saturated heterocycles. The molecule has 0 unspecified atom stereocenters. The number of hydrogen-bond acceptors (Lipinski definition) is 2. The molecule has 0 aliphatic heterocycles. The Morgan fingerprint density at radius 3 is 2.58 bits per heavy atom. The largest absolute Gasteiger partial charge is 0.457 e. The number of carbonyl (C=O) groups is 1. The maximum Gasteiger partial charge on any atom is 0.186 e. The second-order valence-corrected chi connectivity index (χ2v) is 6.37. The molecule has 3 heteroatoms. The minimum atomic E-state index is -0.0532. The SMILES string of the molecule is O=C(/C=C/c1ccc(-c2cccc(Cl)c2)o1)c1cccc2ccccc12. The molecular weight excluding hydrogens is 344 g/mol. The van der Waals surface area contributed by atoms with Gasteiger partial charge in [0, 0.05) is 16.1 Å². The van der Waals surface area contributed by atoms with Crippen LogP contribution in [0.2, 0.25) is 5.02 Å². The van der Waals surface area contributed by atoms with E-state index < -0.39 is 0 Å². The van der Waals surface area contributed by atoms with E-state index in [1.54, 1.807) is 12.2 Å². The first kappa shape index (κ1) is 16.4. The van der Waals surface area contributed by atoms with Gasteiger partial charge in [0.15, 0.2) is 5.78 Å². The number of ketones is 1. The minimum Gasteiger partial charge on any atom is -0.457 e. The van der Waals surface area contributed by atoms with Crippen molar-refractivity contribution in [3.05, 3.63) is 101 Å². The topological polar surface area (TPSA) is 30.2 Å². The average Bonchev–Trinajstić information content (AvgIpc) is 3.15. The summed E-state index contributed by atoms with van der Waals surface area (Å²) in [7, 11) is 0. The fourth-order valence-electron chi connectivity index (χ4n) is 2.93. The fourth-order valence-corrected chi connectivity index (χ4v) is 3.12. The van der Waals surface area contributed by atoms with Crippen molar-refractivity contribution in [2.24, 2.45) is 0 Å². The van der Waals surface area contributed by atoms with Crippen LogP contribution >= 0.6 is 11.6 Å². The van der Waals surface area contributed by atoms with E-state index in [4.69, 9.17) is 16.0 Å². The molecule has 0 fully saturated rings. The normalized spacial score (nSPS) is 11.3. The van der Waals surface area contributed by atoms with Crippen LogP contribution in [-0.4, -0.2) is 5.78 Å². The van der Waals surface area contributed by atoms with Gasteiger partial charge >= 0.3 is 0 Å². The Bertz CT molecular complexity index is 1120. The first-order valence-corrected chi connectivity index (χ1v) is 8.64. The third kappa shape index (κ3) is 3.32. The van der Waals surface area contributed by atoms with Gasteiger partial charge in [-0.1, -0.05) is 66.2 Å². The van der Waals surface area contributed by atoms with Gasteiger partial charge in [-0.05, 0) is 47.2 Å². The molecule has 126 valence electrons. The van der Waals surface area contributed by atoms with Crippen molar-refractivity contribution in [3.63, 3.8) is 0 Å². The van der Waals surface area contributed by atoms with E-state index in [9.17, 15) is 4.79 Å². The second-order valence-electron chi connectivity index (χ2n) is 5.94. The zero-order valence-electron chi connectivity index (χ0n) is 13.9. The molecule has 0 aliphatic carbocycles. The van der Waals surface area contributed by atoms with Crippen LogP contribution in [-0.2, 0) is 0 Å². The minimum absolute atomic E-state index is 0.0532. The van der Waals surface area contributed by atoms with Crippen LogP contribution < -0.4 is 0 Å². The highest BCUT2D eigenvalue weighted by Gasteiger charge is 2.08. The quantitative estimate of drug-likeness (QED) is 0.302. The van der Waals surface area contributed by atoms with Gasteiger partial charge in [0.25, 0.3) is 0 Å². The number of allylic oxidation sites excluding steroid dienone is 1. The van der Waals surface area contributed by atoms with E-state index in [-0.39, 0.29) is 5.78 Å². The molecule has 0 atom stereocenters. The monoisotopic (exact) mass is 358 g/mol. The van der Waals surface area contributed by atoms with E-state index >= 15 is 0 Å². The molecule has 3 aromatic carbocycles. The predicted molar refractivity (Wildman–Crippen MR) is 106 cm³/mol. The lowest BCUT2D eigenvalue weighted by molar-refractivity contribution is 0.104. The molecular formula is C23H15ClO2. The van der Waals surface area contributed by atoms with Gasteiger partial charge < -0.3 is 4.42 Å². The van der Waals surface area contributed by atoms with Gasteiger partial charge in [-0.25, -0.2) is 0 Å². The van der Waals surface area contributed by atoms with Crippen LogP contribution in [0, 0.1) is 0 Å². The average molecular weight is 359 g/mol. The molecule has 4 rings (SSSR count). The summed E-state index contributed by atoms with van der Waals surface area (Å²) in [5.74, 6) is 1.28. The summed E-state index contributed by atoms with van der Waals surface area (Å²) in [5, 5.41) is 2.65. The predicted octanol–water partition coefficient (Wildman–Crippen LogP) is 6.65. The highest BCUT2D eigenvalue weighted by Crippen LogP contribution is 2.25. The van der Waals surface area contributed by atoms with Gasteiger partial charge in [0.05, 0.1) is 0 Å². The van der Waals surface area contributed by atoms with Gasteiger partial charge in [-0.15, -0.1) is 0 Å². The zero-order chi connectivity index (χ0) is 17.9. The maximum atomic E-state index is 12.6. The van der Waals surface area contributed by atoms with E-state index in [0.29, 0.717) is 22.1 Å². The number of furan rings is 1. The van der Waals surface area contributed by atoms with Crippen molar-refractivity contribution in [2.75, 3.05) is 0 Å². The van der Waals surface area contributed by atoms with Crippen molar-refractivity contribution in [2.45, 2.75) is 0 Å². The first-order valence-electron chi connectivity index (χ1n) is 8.27. The van der Waals surface area contributed by atoms with Crippen LogP contribution in [0.4, 0.5) is 0 Å². The van der Waals surface area contributed by atoms with Crippen molar-refractivity contribution >= 4 is 34.2 Å². The number of rotatable bonds is 4. The van der Waals surface area contributed by atoms with E-state index in [2.05, 4.69) is 0 Å². The van der Waals surface area contributed by atoms with Gasteiger partial charge in [0.2, 0.25) is 0 Å². The van der Waals surface area contributed by atoms with Gasteiger partial charge in [-0.3, -0.25) is 4.79 Å². The maximum absolute atomic E-state index is 12.6. The highest BCUT2D eigenvalue weighted by molar-refractivity contribution is 6.30. The number of carbonyl (C=O) groups excluding carboxylic acids is 1. The molecule has 2 nitrogen and oxygen atoms in total. The molecule has 0 bridgehead atoms. The number of fused-ring (bicyclic) bond motifs is 1. The lowest BCUT2D eigenvalue weighted by Gasteiger charge is -2.02. The van der Waals surface area contributed by atoms with Crippen LogP contribution in [0.5, 0.6) is 0 Å². The van der Waals surface area contributed by atoms with Crippen molar-refractivity contribution in [1.82, 2.24) is 0 Å². The summed E-state index contributed by atoms with van der Waals surface area (Å²) in [6, 6.07) is 24.8. The third-order valence-corrected chi connectivity index (χ3v) is 4.43. The summed E-state index contributed by atoms with van der Waals surface area (Å²) in [4.78, 5) is 12.6. The van der Waals surface area contributed by atoms with Crippen molar-refractivity contribution < 1.29 is 9.21 Å². The summed E-state index contributed by atoms with van der Waals surface area (Å²) in [6.45, 7) is 0. The smallest absolute Gasteiger partial charge is 0.186 e. The standard InChI is InChI=1S/C23H15ClO2/c24-18-8-3-7-17(15-18)23-14-12-19(26-23)11-13-22(25)21-10-4-6-16-5-1-2-9-20(16)21/h1-15H/b13-11+. The zero-order valence-corrected chi connectivity index (χ0v) is 14.6. The Morgan fingerprint density at radius 1 is 0.885 bits per heavy atom. The van der Waals surface area contributed by atoms with Gasteiger partial charge in [0.1, 0.15) is 11.5 Å². The molecule has 1 aromatic heterocycles. The van der Waals surface area contributed by atoms with Crippen LogP contribution in [0.25, 0.3) is 28.2 Å². The fraction of sp³-hybridized carbons (Fsp3) is 0. The lowest BCUT2D eigenvalue weighted by Crippen LogP contribution is -1.95. The molecule has 0 radical (unpaired) electrons. The molecule has 0 aliphatic rings. The van der Waals surface area contributed by atoms with Crippen LogP contribution in [0.3, 0.4) is 0 Å². The molecule has 26 heavy (non-hydrogen) atoms. The Labute approximate surface area is 156 Å². The number of hydrogen-bond donors (Lipinski definition) is 0. The third-order valence-electron chi connectivity index (χ3n) is 4.19. The van der Waals surface area contributed by atoms with Gasteiger partial charge in [-0.2, -0.15) is 0 Å². The van der Waals surface area contributed by atoms with E-state index in [1.807, 2.05) is 78.9 Å². The van der Waals surface area contributed by atoms with E-state index in [1.165, 1.54) is 0 Å². The van der Waals surface area contributed by atoms with Crippen molar-refractivity contribution in [1.29, 1.82) is 0 Å². The summed E-state index contributed by atoms with van der Waals surface area (Å²) in [5.41, 5.74) is 1.58. The Hall–Kier alpha value is -3.10. The summed E-state index contributed by atoms with van der Waals surface area (Å²) in [6.07, 6.45) is 3.24. The highest BCUT2D eigenvalue weighted by atomic mass is 35.5. The van der Waals surface area contributed by atoms with Crippen LogP contribution in [0.15, 0.2) is 89.4 Å². The molecule has 0 spiro atoms. The molecule has 0 N–H and O–H groups in total. The number of benzene rings is 3.